The predicted octanol–water partition coefficient (Wildman–Crippen LogP) is 1.90. The number of ether oxygens (including phenoxy) is 4. The van der Waals surface area contributed by atoms with Gasteiger partial charge in [0.05, 0.1) is 62.2 Å². The summed E-state index contributed by atoms with van der Waals surface area (Å²) < 4.78 is 23.4. The third kappa shape index (κ3) is 3.94. The van der Waals surface area contributed by atoms with Crippen molar-refractivity contribution in [1.29, 1.82) is 10.5 Å². The van der Waals surface area contributed by atoms with Gasteiger partial charge in [-0.1, -0.05) is 6.07 Å². The maximum atomic E-state index is 13.4. The van der Waals surface area contributed by atoms with Gasteiger partial charge in [-0.2, -0.15) is 10.5 Å². The smallest absolute Gasteiger partial charge is 0.274 e. The first-order valence-electron chi connectivity index (χ1n) is 10.6. The van der Waals surface area contributed by atoms with Crippen LogP contribution in [0.15, 0.2) is 46.8 Å². The van der Waals surface area contributed by atoms with E-state index >= 15 is 0 Å². The zero-order valence-electron chi connectivity index (χ0n) is 20.0. The molecule has 0 radical (unpaired) electrons. The van der Waals surface area contributed by atoms with Crippen molar-refractivity contribution in [3.63, 3.8) is 0 Å². The minimum Gasteiger partial charge on any atom is -0.497 e. The molecule has 0 bridgehead atoms. The van der Waals surface area contributed by atoms with E-state index in [4.69, 9.17) is 24.7 Å². The summed E-state index contributed by atoms with van der Waals surface area (Å²) in [6, 6.07) is 14.6. The number of fused-ring (bicyclic) bond motifs is 1. The van der Waals surface area contributed by atoms with Gasteiger partial charge in [0.1, 0.15) is 33.5 Å². The average Bonchev–Trinajstić information content (AvgIpc) is 3.23. The standard InChI is InChI=1S/C26H22N4O5S/c1-32-15-6-5-14(20(10-15)34-3)9-22-25(31)30-24(29)18(12-27)23(19(13-28)26(30)36-22)17-8-7-16(33-2)11-21(17)35-4/h5-11,23H,29H2,1-4H3/b22-9-/t23-/m1/s1. The van der Waals surface area contributed by atoms with Gasteiger partial charge in [-0.3, -0.25) is 9.36 Å². The van der Waals surface area contributed by atoms with Crippen molar-refractivity contribution in [2.24, 2.45) is 5.73 Å². The third-order valence-corrected chi connectivity index (χ3v) is 6.98. The minimum absolute atomic E-state index is 0.0306. The number of benzene rings is 2. The van der Waals surface area contributed by atoms with Gasteiger partial charge in [-0.25, -0.2) is 0 Å². The topological polar surface area (TPSA) is 133 Å². The van der Waals surface area contributed by atoms with E-state index in [1.54, 1.807) is 49.6 Å². The fourth-order valence-electron chi connectivity index (χ4n) is 4.10. The molecule has 4 rings (SSSR count). The van der Waals surface area contributed by atoms with Crippen molar-refractivity contribution in [2.45, 2.75) is 5.92 Å². The number of methoxy groups -OCH3 is 4. The molecule has 3 aromatic rings. The zero-order valence-corrected chi connectivity index (χ0v) is 20.8. The van der Waals surface area contributed by atoms with Crippen LogP contribution in [0.25, 0.3) is 17.5 Å². The van der Waals surface area contributed by atoms with Crippen molar-refractivity contribution in [3.05, 3.63) is 72.6 Å². The number of aromatic nitrogens is 1. The lowest BCUT2D eigenvalue weighted by Crippen LogP contribution is -2.38. The first kappa shape index (κ1) is 24.5. The Labute approximate surface area is 210 Å². The summed E-state index contributed by atoms with van der Waals surface area (Å²) in [5.74, 6) is 1.25. The minimum atomic E-state index is -0.817. The molecule has 1 aliphatic rings. The molecule has 1 atom stereocenters. The van der Waals surface area contributed by atoms with Crippen LogP contribution in [0, 0.1) is 22.7 Å². The molecule has 1 aliphatic heterocycles. The van der Waals surface area contributed by atoms with Crippen LogP contribution in [0.5, 0.6) is 23.0 Å². The monoisotopic (exact) mass is 502 g/mol. The zero-order chi connectivity index (χ0) is 26.0. The lowest BCUT2D eigenvalue weighted by atomic mass is 9.84. The van der Waals surface area contributed by atoms with E-state index in [0.717, 1.165) is 11.3 Å². The summed E-state index contributed by atoms with van der Waals surface area (Å²) in [5, 5.41) is 20.2. The van der Waals surface area contributed by atoms with E-state index < -0.39 is 11.5 Å². The molecule has 1 aromatic heterocycles. The Morgan fingerprint density at radius 3 is 2.11 bits per heavy atom. The molecule has 0 aliphatic carbocycles. The second-order valence-electron chi connectivity index (χ2n) is 7.64. The first-order valence-corrected chi connectivity index (χ1v) is 11.5. The van der Waals surface area contributed by atoms with Crippen LogP contribution in [0.2, 0.25) is 0 Å². The molecule has 10 heteroatoms. The van der Waals surface area contributed by atoms with Gasteiger partial charge in [-0.05, 0) is 24.3 Å². The van der Waals surface area contributed by atoms with Gasteiger partial charge in [-0.15, -0.1) is 11.3 Å². The van der Waals surface area contributed by atoms with Crippen LogP contribution in [0.4, 0.5) is 0 Å². The Morgan fingerprint density at radius 2 is 1.53 bits per heavy atom. The average molecular weight is 503 g/mol. The van der Waals surface area contributed by atoms with E-state index in [2.05, 4.69) is 12.1 Å². The number of hydrogen-bond donors (Lipinski definition) is 1. The summed E-state index contributed by atoms with van der Waals surface area (Å²) in [4.78, 5) is 13.4. The molecule has 36 heavy (non-hydrogen) atoms. The lowest BCUT2D eigenvalue weighted by Gasteiger charge is -2.24. The lowest BCUT2D eigenvalue weighted by molar-refractivity contribution is 0.391. The molecule has 0 fully saturated rings. The van der Waals surface area contributed by atoms with E-state index in [1.807, 2.05) is 0 Å². The van der Waals surface area contributed by atoms with E-state index in [0.29, 0.717) is 43.3 Å². The molecule has 182 valence electrons. The maximum absolute atomic E-state index is 13.4. The van der Waals surface area contributed by atoms with Crippen LogP contribution >= 0.6 is 11.3 Å². The molecule has 0 spiro atoms. The number of nitrogens with zero attached hydrogens (tertiary/aromatic N) is 3. The first-order chi connectivity index (χ1) is 17.4. The van der Waals surface area contributed by atoms with Gasteiger partial charge in [0, 0.05) is 23.3 Å². The summed E-state index contributed by atoms with van der Waals surface area (Å²) >= 11 is 1.11. The van der Waals surface area contributed by atoms with Crippen LogP contribution < -0.4 is 39.4 Å². The second kappa shape index (κ2) is 9.90. The quantitative estimate of drug-likeness (QED) is 0.540. The Hall–Kier alpha value is -4.67. The summed E-state index contributed by atoms with van der Waals surface area (Å²) in [7, 11) is 6.09. The highest BCUT2D eigenvalue weighted by molar-refractivity contribution is 7.07. The summed E-state index contributed by atoms with van der Waals surface area (Å²) in [6.45, 7) is 0. The number of thiazole rings is 1. The normalized spacial score (nSPS) is 15.1. The molecule has 9 nitrogen and oxygen atoms in total. The van der Waals surface area contributed by atoms with Crippen molar-refractivity contribution < 1.29 is 18.9 Å². The summed E-state index contributed by atoms with van der Waals surface area (Å²) in [6.07, 6.45) is 1.66. The third-order valence-electron chi connectivity index (χ3n) is 5.87. The molecular formula is C26H22N4O5S. The molecule has 2 heterocycles. The highest BCUT2D eigenvalue weighted by Gasteiger charge is 2.34. The number of allylic oxidation sites excluding steroid dienone is 1. The van der Waals surface area contributed by atoms with Crippen LogP contribution in [-0.4, -0.2) is 33.0 Å². The van der Waals surface area contributed by atoms with Gasteiger partial charge in [0.15, 0.2) is 0 Å². The van der Waals surface area contributed by atoms with Crippen molar-refractivity contribution in [2.75, 3.05) is 28.4 Å². The molecular weight excluding hydrogens is 480 g/mol. The molecule has 0 amide bonds. The van der Waals surface area contributed by atoms with Crippen LogP contribution in [-0.2, 0) is 0 Å². The van der Waals surface area contributed by atoms with Crippen molar-refractivity contribution >= 4 is 28.8 Å². The number of nitriles is 2. The van der Waals surface area contributed by atoms with E-state index in [9.17, 15) is 15.3 Å². The number of rotatable bonds is 6. The fraction of sp³-hybridized carbons (Fsp3) is 0.192. The second-order valence-corrected chi connectivity index (χ2v) is 8.67. The van der Waals surface area contributed by atoms with Gasteiger partial charge < -0.3 is 24.7 Å². The van der Waals surface area contributed by atoms with Gasteiger partial charge in [0.25, 0.3) is 5.56 Å². The number of hydrogen-bond acceptors (Lipinski definition) is 9. The largest absolute Gasteiger partial charge is 0.497 e. The van der Waals surface area contributed by atoms with Gasteiger partial charge >= 0.3 is 0 Å². The Kier molecular flexibility index (Phi) is 6.73. The van der Waals surface area contributed by atoms with E-state index in [-0.39, 0.29) is 17.0 Å². The number of nitrogens with two attached hydrogens (primary N) is 1. The van der Waals surface area contributed by atoms with Crippen LogP contribution in [0.3, 0.4) is 0 Å². The Balaban J connectivity index is 2.03. The Bertz CT molecular complexity index is 1650. The molecule has 2 aromatic carbocycles. The molecule has 0 saturated heterocycles. The van der Waals surface area contributed by atoms with E-state index in [1.165, 1.54) is 25.9 Å². The van der Waals surface area contributed by atoms with Gasteiger partial charge in [0.2, 0.25) is 0 Å². The molecule has 0 unspecified atom stereocenters. The summed E-state index contributed by atoms with van der Waals surface area (Å²) in [5.41, 5.74) is 7.44. The van der Waals surface area contributed by atoms with Crippen molar-refractivity contribution in [1.82, 2.24) is 4.57 Å². The van der Waals surface area contributed by atoms with Crippen LogP contribution in [0.1, 0.15) is 17.0 Å². The maximum Gasteiger partial charge on any atom is 0.274 e. The van der Waals surface area contributed by atoms with Crippen molar-refractivity contribution in [3.8, 4) is 35.1 Å². The molecule has 0 saturated carbocycles. The fourth-order valence-corrected chi connectivity index (χ4v) is 5.22. The highest BCUT2D eigenvalue weighted by atomic mass is 32.1. The SMILES string of the molecule is COc1ccc(/C=c2\sc3n(c2=O)C(N)=C(C#N)[C@@H](c2ccc(OC)cc2OC)C=3C#N)c(OC)c1. The molecule has 2 N–H and O–H groups in total. The highest BCUT2D eigenvalue weighted by Crippen LogP contribution is 2.41. The Morgan fingerprint density at radius 1 is 0.917 bits per heavy atom. The predicted molar refractivity (Wildman–Crippen MR) is 135 cm³/mol.